The van der Waals surface area contributed by atoms with E-state index >= 15 is 0 Å². The van der Waals surface area contributed by atoms with E-state index in [-0.39, 0.29) is 17.7 Å². The molecule has 0 heterocycles. The molecule has 0 aliphatic heterocycles. The summed E-state index contributed by atoms with van der Waals surface area (Å²) in [5.74, 6) is -2.81. The average Bonchev–Trinajstić information content (AvgIpc) is 3.02. The molecule has 2 aliphatic rings. The lowest BCUT2D eigenvalue weighted by atomic mass is 9.82. The summed E-state index contributed by atoms with van der Waals surface area (Å²) in [4.78, 5) is 24.4. The smallest absolute Gasteiger partial charge is 0.308 e. The van der Waals surface area contributed by atoms with E-state index in [0.29, 0.717) is 10.7 Å². The quantitative estimate of drug-likeness (QED) is 0.829. The first-order chi connectivity index (χ1) is 10.9. The number of hydrogen-bond acceptors (Lipinski definition) is 2. The summed E-state index contributed by atoms with van der Waals surface area (Å²) in [6.07, 6.45) is 3.89. The van der Waals surface area contributed by atoms with E-state index in [9.17, 15) is 14.7 Å². The molecule has 2 aliphatic carbocycles. The Balaban J connectivity index is 1.91. The zero-order chi connectivity index (χ0) is 16.7. The van der Waals surface area contributed by atoms with Crippen molar-refractivity contribution in [2.24, 2.45) is 23.7 Å². The molecule has 0 aromatic heterocycles. The van der Waals surface area contributed by atoms with Gasteiger partial charge in [-0.25, -0.2) is 0 Å². The number of anilines is 1. The zero-order valence-electron chi connectivity index (χ0n) is 12.9. The van der Waals surface area contributed by atoms with Gasteiger partial charge < -0.3 is 10.4 Å². The van der Waals surface area contributed by atoms with Gasteiger partial charge in [-0.1, -0.05) is 41.0 Å². The second-order valence-electron chi connectivity index (χ2n) is 6.28. The first kappa shape index (κ1) is 15.8. The molecule has 23 heavy (non-hydrogen) atoms. The molecule has 1 aromatic carbocycles. The summed E-state index contributed by atoms with van der Waals surface area (Å²) >= 11 is 5.93. The molecule has 0 radical (unpaired) electrons. The van der Waals surface area contributed by atoms with Crippen LogP contribution in [0.3, 0.4) is 0 Å². The first-order valence-electron chi connectivity index (χ1n) is 7.55. The lowest BCUT2D eigenvalue weighted by Crippen LogP contribution is -2.36. The van der Waals surface area contributed by atoms with Gasteiger partial charge in [-0.2, -0.15) is 0 Å². The number of carbonyl (C=O) groups is 2. The third kappa shape index (κ3) is 2.68. The second-order valence-corrected chi connectivity index (χ2v) is 6.72. The number of allylic oxidation sites excluding steroid dienone is 4. The van der Waals surface area contributed by atoms with Crippen LogP contribution < -0.4 is 5.32 Å². The number of aliphatic carboxylic acids is 1. The number of halogens is 1. The van der Waals surface area contributed by atoms with Crippen LogP contribution in [0.4, 0.5) is 5.69 Å². The van der Waals surface area contributed by atoms with Crippen LogP contribution in [0.2, 0.25) is 5.02 Å². The van der Waals surface area contributed by atoms with Gasteiger partial charge in [0.05, 0.1) is 11.8 Å². The van der Waals surface area contributed by atoms with Gasteiger partial charge >= 0.3 is 5.97 Å². The number of hydrogen-bond donors (Lipinski definition) is 2. The fraction of sp³-hybridized carbons (Fsp3) is 0.333. The van der Waals surface area contributed by atoms with Gasteiger partial charge in [0.2, 0.25) is 5.91 Å². The van der Waals surface area contributed by atoms with Crippen molar-refractivity contribution in [1.82, 2.24) is 0 Å². The Hall–Kier alpha value is -2.07. The van der Waals surface area contributed by atoms with E-state index in [0.717, 1.165) is 11.1 Å². The Bertz CT molecular complexity index is 734. The minimum Gasteiger partial charge on any atom is -0.481 e. The second kappa shape index (κ2) is 5.85. The van der Waals surface area contributed by atoms with Crippen molar-refractivity contribution in [2.45, 2.75) is 13.8 Å². The summed E-state index contributed by atoms with van der Waals surface area (Å²) in [6, 6.07) is 6.86. The molecule has 120 valence electrons. The molecule has 0 spiro atoms. The van der Waals surface area contributed by atoms with Crippen molar-refractivity contribution >= 4 is 29.2 Å². The van der Waals surface area contributed by atoms with Gasteiger partial charge in [-0.05, 0) is 32.0 Å². The van der Waals surface area contributed by atoms with Crippen LogP contribution in [0.1, 0.15) is 13.8 Å². The zero-order valence-corrected chi connectivity index (χ0v) is 13.7. The number of fused-ring (bicyclic) bond motifs is 2. The van der Waals surface area contributed by atoms with Gasteiger partial charge in [-0.15, -0.1) is 0 Å². The molecule has 3 rings (SSSR count). The Morgan fingerprint density at radius 1 is 1.13 bits per heavy atom. The van der Waals surface area contributed by atoms with Crippen molar-refractivity contribution in [1.29, 1.82) is 0 Å². The predicted octanol–water partition coefficient (Wildman–Crippen LogP) is 3.75. The summed E-state index contributed by atoms with van der Waals surface area (Å²) < 4.78 is 0. The molecule has 4 nitrogen and oxygen atoms in total. The van der Waals surface area contributed by atoms with E-state index in [4.69, 9.17) is 11.6 Å². The Morgan fingerprint density at radius 3 is 2.35 bits per heavy atom. The van der Waals surface area contributed by atoms with Crippen molar-refractivity contribution in [3.63, 3.8) is 0 Å². The Labute approximate surface area is 139 Å². The van der Waals surface area contributed by atoms with E-state index in [1.165, 1.54) is 0 Å². The molecule has 0 saturated heterocycles. The van der Waals surface area contributed by atoms with Crippen molar-refractivity contribution in [2.75, 3.05) is 5.32 Å². The van der Waals surface area contributed by atoms with Crippen molar-refractivity contribution in [3.8, 4) is 0 Å². The normalized spacial score (nSPS) is 28.0. The Kier molecular flexibility index (Phi) is 4.02. The fourth-order valence-electron chi connectivity index (χ4n) is 3.83. The molecule has 5 heteroatoms. The maximum absolute atomic E-state index is 12.7. The van der Waals surface area contributed by atoms with Gasteiger partial charge in [0.15, 0.2) is 0 Å². The summed E-state index contributed by atoms with van der Waals surface area (Å²) in [7, 11) is 0. The third-order valence-corrected chi connectivity index (χ3v) is 4.90. The Morgan fingerprint density at radius 2 is 1.78 bits per heavy atom. The highest BCUT2D eigenvalue weighted by atomic mass is 35.5. The van der Waals surface area contributed by atoms with E-state index in [1.54, 1.807) is 24.3 Å². The molecule has 2 bridgehead atoms. The molecule has 1 amide bonds. The number of rotatable bonds is 3. The van der Waals surface area contributed by atoms with Gasteiger partial charge in [-0.3, -0.25) is 9.59 Å². The fourth-order valence-corrected chi connectivity index (χ4v) is 4.02. The molecular weight excluding hydrogens is 314 g/mol. The number of carbonyl (C=O) groups excluding carboxylic acids is 1. The third-order valence-electron chi connectivity index (χ3n) is 4.66. The summed E-state index contributed by atoms with van der Waals surface area (Å²) in [5, 5.41) is 12.9. The van der Waals surface area contributed by atoms with E-state index in [2.05, 4.69) is 5.32 Å². The molecule has 1 saturated carbocycles. The van der Waals surface area contributed by atoms with Crippen LogP contribution in [0.15, 0.2) is 47.6 Å². The largest absolute Gasteiger partial charge is 0.481 e. The number of amides is 1. The maximum atomic E-state index is 12.7. The van der Waals surface area contributed by atoms with Gasteiger partial charge in [0, 0.05) is 22.5 Å². The summed E-state index contributed by atoms with van der Waals surface area (Å²) in [6.45, 7) is 3.94. The van der Waals surface area contributed by atoms with Crippen molar-refractivity contribution < 1.29 is 14.7 Å². The standard InChI is InChI=1S/C18H18ClNO3/c1-9(2)14-12-6-7-13(14)16(18(22)23)15(12)17(21)20-11-5-3-4-10(19)8-11/h3-8,12-13,15-16H,1-2H3,(H,20,21)(H,22,23). The number of benzene rings is 1. The number of carboxylic acids is 1. The molecule has 1 fully saturated rings. The molecular formula is C18H18ClNO3. The number of nitrogens with one attached hydrogen (secondary N) is 1. The maximum Gasteiger partial charge on any atom is 0.308 e. The molecule has 4 unspecified atom stereocenters. The van der Waals surface area contributed by atoms with Crippen LogP contribution in [-0.4, -0.2) is 17.0 Å². The predicted molar refractivity (Wildman–Crippen MR) is 89.2 cm³/mol. The van der Waals surface area contributed by atoms with E-state index in [1.807, 2.05) is 26.0 Å². The van der Waals surface area contributed by atoms with Crippen LogP contribution in [0.5, 0.6) is 0 Å². The van der Waals surface area contributed by atoms with Crippen LogP contribution in [-0.2, 0) is 9.59 Å². The lowest BCUT2D eigenvalue weighted by molar-refractivity contribution is -0.146. The topological polar surface area (TPSA) is 66.4 Å². The lowest BCUT2D eigenvalue weighted by Gasteiger charge is -2.23. The van der Waals surface area contributed by atoms with Crippen LogP contribution >= 0.6 is 11.6 Å². The molecule has 4 atom stereocenters. The van der Waals surface area contributed by atoms with Gasteiger partial charge in [0.1, 0.15) is 0 Å². The minimum absolute atomic E-state index is 0.134. The SMILES string of the molecule is CC(C)=C1C2C=CC1C(C(=O)Nc1cccc(Cl)c1)C2C(=O)O. The summed E-state index contributed by atoms with van der Waals surface area (Å²) in [5.41, 5.74) is 2.75. The van der Waals surface area contributed by atoms with Crippen LogP contribution in [0, 0.1) is 23.7 Å². The van der Waals surface area contributed by atoms with Gasteiger partial charge in [0.25, 0.3) is 0 Å². The van der Waals surface area contributed by atoms with E-state index < -0.39 is 17.8 Å². The number of carboxylic acid groups (broad SMARTS) is 1. The average molecular weight is 332 g/mol. The van der Waals surface area contributed by atoms with Crippen molar-refractivity contribution in [3.05, 3.63) is 52.6 Å². The molecule has 2 N–H and O–H groups in total. The molecule has 1 aromatic rings. The minimum atomic E-state index is -0.924. The van der Waals surface area contributed by atoms with Crippen LogP contribution in [0.25, 0.3) is 0 Å². The first-order valence-corrected chi connectivity index (χ1v) is 7.92. The highest BCUT2D eigenvalue weighted by Gasteiger charge is 2.54. The highest BCUT2D eigenvalue weighted by Crippen LogP contribution is 2.53. The highest BCUT2D eigenvalue weighted by molar-refractivity contribution is 6.30. The monoisotopic (exact) mass is 331 g/mol.